The zero-order valence-electron chi connectivity index (χ0n) is 10.4. The summed E-state index contributed by atoms with van der Waals surface area (Å²) in [6.45, 7) is 3.67. The fraction of sp³-hybridized carbons (Fsp3) is 0.364. The van der Waals surface area contributed by atoms with Crippen molar-refractivity contribution < 1.29 is 8.42 Å². The second-order valence-corrected chi connectivity index (χ2v) is 7.36. The first-order chi connectivity index (χ1) is 8.32. The molecule has 0 bridgehead atoms. The average Bonchev–Trinajstić information content (AvgIpc) is 2.66. The van der Waals surface area contributed by atoms with Crippen LogP contribution in [-0.2, 0) is 10.0 Å². The van der Waals surface area contributed by atoms with E-state index in [1.807, 2.05) is 13.8 Å². The Kier molecular flexibility index (Phi) is 3.31. The normalized spacial score (nSPS) is 12.7. The lowest BCUT2D eigenvalue weighted by Crippen LogP contribution is -2.32. The highest BCUT2D eigenvalue weighted by molar-refractivity contribution is 7.89. The molecule has 5 nitrogen and oxygen atoms in total. The van der Waals surface area contributed by atoms with Gasteiger partial charge in [0.15, 0.2) is 5.13 Å². The van der Waals surface area contributed by atoms with Gasteiger partial charge in [-0.05, 0) is 32.0 Å². The van der Waals surface area contributed by atoms with Gasteiger partial charge in [0.1, 0.15) is 0 Å². The van der Waals surface area contributed by atoms with Crippen LogP contribution in [0.5, 0.6) is 0 Å². The van der Waals surface area contributed by atoms with E-state index in [1.54, 1.807) is 25.2 Å². The molecule has 2 rings (SSSR count). The molecule has 0 atom stereocenters. The summed E-state index contributed by atoms with van der Waals surface area (Å²) in [5.74, 6) is 0. The Hall–Kier alpha value is -1.18. The van der Waals surface area contributed by atoms with Crippen LogP contribution in [0.15, 0.2) is 23.1 Å². The van der Waals surface area contributed by atoms with Crippen LogP contribution < -0.4 is 5.73 Å². The number of thiazole rings is 1. The summed E-state index contributed by atoms with van der Waals surface area (Å²) in [4.78, 5) is 4.38. The van der Waals surface area contributed by atoms with Crippen LogP contribution in [-0.4, -0.2) is 30.8 Å². The fourth-order valence-electron chi connectivity index (χ4n) is 1.53. The molecule has 7 heteroatoms. The number of rotatable bonds is 3. The lowest BCUT2D eigenvalue weighted by atomic mass is 10.3. The number of hydrogen-bond donors (Lipinski definition) is 1. The predicted octanol–water partition coefficient (Wildman–Crippen LogP) is 1.91. The van der Waals surface area contributed by atoms with Crippen LogP contribution in [0.2, 0.25) is 0 Å². The van der Waals surface area contributed by atoms with Crippen molar-refractivity contribution in [3.05, 3.63) is 18.2 Å². The van der Waals surface area contributed by atoms with Gasteiger partial charge in [-0.3, -0.25) is 0 Å². The molecular weight excluding hydrogens is 270 g/mol. The second kappa shape index (κ2) is 4.49. The van der Waals surface area contributed by atoms with Gasteiger partial charge in [-0.25, -0.2) is 13.4 Å². The third kappa shape index (κ3) is 2.21. The maximum absolute atomic E-state index is 12.3. The molecule has 0 radical (unpaired) electrons. The summed E-state index contributed by atoms with van der Waals surface area (Å²) >= 11 is 1.29. The number of nitrogen functional groups attached to an aromatic ring is 1. The molecular formula is C11H15N3O2S2. The lowest BCUT2D eigenvalue weighted by Gasteiger charge is -2.20. The van der Waals surface area contributed by atoms with Crippen molar-refractivity contribution in [1.82, 2.24) is 9.29 Å². The van der Waals surface area contributed by atoms with Gasteiger partial charge < -0.3 is 5.73 Å². The minimum Gasteiger partial charge on any atom is -0.375 e. The second-order valence-electron chi connectivity index (χ2n) is 4.30. The zero-order chi connectivity index (χ0) is 13.5. The van der Waals surface area contributed by atoms with E-state index in [4.69, 9.17) is 5.73 Å². The highest BCUT2D eigenvalue weighted by atomic mass is 32.2. The van der Waals surface area contributed by atoms with Crippen molar-refractivity contribution in [2.75, 3.05) is 12.8 Å². The first kappa shape index (κ1) is 13.3. The van der Waals surface area contributed by atoms with E-state index in [1.165, 1.54) is 15.6 Å². The van der Waals surface area contributed by atoms with Crippen molar-refractivity contribution in [2.24, 2.45) is 0 Å². The number of sulfonamides is 1. The number of aromatic nitrogens is 1. The van der Waals surface area contributed by atoms with Crippen LogP contribution in [0.4, 0.5) is 5.13 Å². The van der Waals surface area contributed by atoms with Gasteiger partial charge in [0, 0.05) is 13.1 Å². The number of anilines is 1. The van der Waals surface area contributed by atoms with Crippen LogP contribution in [0.1, 0.15) is 13.8 Å². The summed E-state index contributed by atoms with van der Waals surface area (Å²) in [7, 11) is -1.87. The zero-order valence-corrected chi connectivity index (χ0v) is 12.0. The van der Waals surface area contributed by atoms with Crippen LogP contribution in [0, 0.1) is 0 Å². The Morgan fingerprint density at radius 3 is 2.67 bits per heavy atom. The minimum absolute atomic E-state index is 0.0859. The molecule has 0 aliphatic rings. The van der Waals surface area contributed by atoms with Crippen LogP contribution in [0.25, 0.3) is 10.2 Å². The van der Waals surface area contributed by atoms with Gasteiger partial charge in [0.25, 0.3) is 0 Å². The highest BCUT2D eigenvalue weighted by Crippen LogP contribution is 2.27. The molecule has 0 aliphatic heterocycles. The van der Waals surface area contributed by atoms with E-state index >= 15 is 0 Å². The Balaban J connectivity index is 2.54. The maximum atomic E-state index is 12.3. The van der Waals surface area contributed by atoms with Gasteiger partial charge in [0.2, 0.25) is 10.0 Å². The lowest BCUT2D eigenvalue weighted by molar-refractivity contribution is 0.410. The van der Waals surface area contributed by atoms with Gasteiger partial charge in [-0.15, -0.1) is 0 Å². The highest BCUT2D eigenvalue weighted by Gasteiger charge is 2.23. The number of nitrogens with zero attached hydrogens (tertiary/aromatic N) is 2. The Morgan fingerprint density at radius 2 is 2.06 bits per heavy atom. The number of benzene rings is 1. The Labute approximate surface area is 110 Å². The van der Waals surface area contributed by atoms with Crippen molar-refractivity contribution in [1.29, 1.82) is 0 Å². The monoisotopic (exact) mass is 285 g/mol. The standard InChI is InChI=1S/C11H15N3O2S2/c1-7(2)14(3)18(15,16)8-4-5-9-10(6-8)17-11(12)13-9/h4-7H,1-3H3,(H2,12,13). The van der Waals surface area contributed by atoms with Crippen molar-refractivity contribution in [3.8, 4) is 0 Å². The molecule has 1 heterocycles. The topological polar surface area (TPSA) is 76.3 Å². The van der Waals surface area contributed by atoms with Gasteiger partial charge >= 0.3 is 0 Å². The molecule has 98 valence electrons. The van der Waals surface area contributed by atoms with Gasteiger partial charge in [0.05, 0.1) is 15.1 Å². The van der Waals surface area contributed by atoms with Crippen molar-refractivity contribution >= 4 is 36.7 Å². The summed E-state index contributed by atoms with van der Waals surface area (Å²) in [6, 6.07) is 4.79. The molecule has 18 heavy (non-hydrogen) atoms. The van der Waals surface area contributed by atoms with E-state index in [0.717, 1.165) is 10.2 Å². The van der Waals surface area contributed by atoms with Crippen LogP contribution >= 0.6 is 11.3 Å². The smallest absolute Gasteiger partial charge is 0.243 e. The molecule has 0 amide bonds. The van der Waals surface area contributed by atoms with Gasteiger partial charge in [-0.1, -0.05) is 11.3 Å². The number of hydrogen-bond acceptors (Lipinski definition) is 5. The van der Waals surface area contributed by atoms with Crippen LogP contribution in [0.3, 0.4) is 0 Å². The molecule has 1 aromatic heterocycles. The molecule has 0 saturated heterocycles. The summed E-state index contributed by atoms with van der Waals surface area (Å²) in [5.41, 5.74) is 6.33. The van der Waals surface area contributed by atoms with E-state index in [2.05, 4.69) is 4.98 Å². The number of fused-ring (bicyclic) bond motifs is 1. The van der Waals surface area contributed by atoms with E-state index in [-0.39, 0.29) is 10.9 Å². The summed E-state index contributed by atoms with van der Waals surface area (Å²) < 4.78 is 26.7. The Bertz CT molecular complexity index is 677. The predicted molar refractivity (Wildman–Crippen MR) is 74.1 cm³/mol. The maximum Gasteiger partial charge on any atom is 0.243 e. The number of nitrogens with two attached hydrogens (primary N) is 1. The SMILES string of the molecule is CC(C)N(C)S(=O)(=O)c1ccc2nc(N)sc2c1. The third-order valence-electron chi connectivity index (χ3n) is 2.78. The van der Waals surface area contributed by atoms with E-state index in [0.29, 0.717) is 5.13 Å². The molecule has 0 spiro atoms. The summed E-state index contributed by atoms with van der Waals surface area (Å²) in [5, 5.41) is 0.441. The van der Waals surface area contributed by atoms with E-state index in [9.17, 15) is 8.42 Å². The fourth-order valence-corrected chi connectivity index (χ4v) is 3.77. The average molecular weight is 285 g/mol. The molecule has 2 N–H and O–H groups in total. The Morgan fingerprint density at radius 1 is 1.39 bits per heavy atom. The molecule has 0 fully saturated rings. The van der Waals surface area contributed by atoms with Gasteiger partial charge in [-0.2, -0.15) is 4.31 Å². The summed E-state index contributed by atoms with van der Waals surface area (Å²) in [6.07, 6.45) is 0. The first-order valence-electron chi connectivity index (χ1n) is 5.46. The third-order valence-corrected chi connectivity index (χ3v) is 5.66. The minimum atomic E-state index is -3.45. The van der Waals surface area contributed by atoms with Crippen molar-refractivity contribution in [2.45, 2.75) is 24.8 Å². The van der Waals surface area contributed by atoms with E-state index < -0.39 is 10.0 Å². The van der Waals surface area contributed by atoms with Crippen molar-refractivity contribution in [3.63, 3.8) is 0 Å². The molecule has 1 aromatic carbocycles. The largest absolute Gasteiger partial charge is 0.375 e. The molecule has 2 aromatic rings. The molecule has 0 unspecified atom stereocenters. The quantitative estimate of drug-likeness (QED) is 0.934. The first-order valence-corrected chi connectivity index (χ1v) is 7.72. The molecule has 0 saturated carbocycles. The molecule has 0 aliphatic carbocycles.